The first-order valence-electron chi connectivity index (χ1n) is 15.7. The molecule has 0 aromatic heterocycles. The highest BCUT2D eigenvalue weighted by atomic mass is 16.5. The molecule has 2 fully saturated rings. The van der Waals surface area contributed by atoms with Crippen molar-refractivity contribution in [3.8, 4) is 22.6 Å². The highest BCUT2D eigenvalue weighted by molar-refractivity contribution is 5.80. The number of esters is 1. The fraction of sp³-hybridized carbons (Fsp3) is 0.629. The van der Waals surface area contributed by atoms with E-state index in [4.69, 9.17) is 9.47 Å². The lowest BCUT2D eigenvalue weighted by Gasteiger charge is -2.28. The lowest BCUT2D eigenvalue weighted by molar-refractivity contribution is -0.140. The molecule has 0 amide bonds. The molecule has 2 aromatic carbocycles. The Balaban J connectivity index is 1.47. The second-order valence-corrected chi connectivity index (χ2v) is 11.9. The van der Waals surface area contributed by atoms with Gasteiger partial charge in [0.2, 0.25) is 0 Å². The smallest absolute Gasteiger partial charge is 0.314 e. The molecule has 3 nitrogen and oxygen atoms in total. The molecule has 0 atom stereocenters. The van der Waals surface area contributed by atoms with Gasteiger partial charge in [-0.25, -0.2) is 0 Å². The van der Waals surface area contributed by atoms with Crippen LogP contribution in [0.1, 0.15) is 122 Å². The largest absolute Gasteiger partial charge is 0.493 e. The first-order chi connectivity index (χ1) is 18.6. The van der Waals surface area contributed by atoms with Crippen LogP contribution in [-0.4, -0.2) is 12.6 Å². The van der Waals surface area contributed by atoms with Gasteiger partial charge in [-0.15, -0.1) is 0 Å². The van der Waals surface area contributed by atoms with E-state index in [2.05, 4.69) is 51.1 Å². The van der Waals surface area contributed by atoms with E-state index in [1.54, 1.807) is 0 Å². The van der Waals surface area contributed by atoms with Crippen molar-refractivity contribution in [1.82, 2.24) is 0 Å². The Labute approximate surface area is 231 Å². The summed E-state index contributed by atoms with van der Waals surface area (Å²) in [5.74, 6) is 3.71. The zero-order chi connectivity index (χ0) is 26.7. The van der Waals surface area contributed by atoms with Gasteiger partial charge in [0.25, 0.3) is 0 Å². The minimum absolute atomic E-state index is 0.00540. The standard InChI is InChI=1S/C35H50O3/c1-4-7-24-37-32-22-23-33(34(25-32)38-35(36)31-16-12-27(9-6-3)13-17-31)30-20-18-29(19-21-30)28-14-10-26(8-5-2)11-15-28/h18-23,25-28,31H,4-17,24H2,1-3H3/t26-,27-,28-,31-. The van der Waals surface area contributed by atoms with E-state index in [0.717, 1.165) is 67.2 Å². The van der Waals surface area contributed by atoms with Crippen LogP contribution in [0.25, 0.3) is 11.1 Å². The molecule has 0 N–H and O–H groups in total. The van der Waals surface area contributed by atoms with Gasteiger partial charge in [0.1, 0.15) is 11.5 Å². The first kappa shape index (κ1) is 28.7. The predicted octanol–water partition coefficient (Wildman–Crippen LogP) is 10.1. The predicted molar refractivity (Wildman–Crippen MR) is 158 cm³/mol. The molecule has 2 aliphatic rings. The molecule has 0 aliphatic heterocycles. The molecule has 0 radical (unpaired) electrons. The van der Waals surface area contributed by atoms with Gasteiger partial charge in [-0.05, 0) is 98.8 Å². The van der Waals surface area contributed by atoms with Crippen molar-refractivity contribution in [2.45, 2.75) is 117 Å². The zero-order valence-electron chi connectivity index (χ0n) is 24.2. The molecular weight excluding hydrogens is 468 g/mol. The van der Waals surface area contributed by atoms with E-state index >= 15 is 0 Å². The lowest BCUT2D eigenvalue weighted by atomic mass is 9.77. The fourth-order valence-corrected chi connectivity index (χ4v) is 6.66. The summed E-state index contributed by atoms with van der Waals surface area (Å²) in [7, 11) is 0. The number of ether oxygens (including phenoxy) is 2. The van der Waals surface area contributed by atoms with Gasteiger partial charge >= 0.3 is 5.97 Å². The maximum absolute atomic E-state index is 13.3. The number of hydrogen-bond acceptors (Lipinski definition) is 3. The Morgan fingerprint density at radius 1 is 0.763 bits per heavy atom. The van der Waals surface area contributed by atoms with Crippen LogP contribution in [0.15, 0.2) is 42.5 Å². The average molecular weight is 519 g/mol. The Morgan fingerprint density at radius 2 is 1.39 bits per heavy atom. The van der Waals surface area contributed by atoms with Crippen molar-refractivity contribution in [3.63, 3.8) is 0 Å². The zero-order valence-corrected chi connectivity index (χ0v) is 24.2. The number of rotatable bonds is 12. The van der Waals surface area contributed by atoms with Crippen molar-refractivity contribution in [3.05, 3.63) is 48.0 Å². The Kier molecular flexibility index (Phi) is 11.1. The number of benzene rings is 2. The summed E-state index contributed by atoms with van der Waals surface area (Å²) in [5, 5.41) is 0. The monoisotopic (exact) mass is 518 g/mol. The van der Waals surface area contributed by atoms with Gasteiger partial charge in [0.15, 0.2) is 0 Å². The highest BCUT2D eigenvalue weighted by Crippen LogP contribution is 2.40. The molecule has 38 heavy (non-hydrogen) atoms. The second-order valence-electron chi connectivity index (χ2n) is 11.9. The first-order valence-corrected chi connectivity index (χ1v) is 15.7. The van der Waals surface area contributed by atoms with Gasteiger partial charge in [-0.2, -0.15) is 0 Å². The maximum Gasteiger partial charge on any atom is 0.314 e. The summed E-state index contributed by atoms with van der Waals surface area (Å²) < 4.78 is 12.1. The van der Waals surface area contributed by atoms with Crippen LogP contribution in [0.4, 0.5) is 0 Å². The minimum atomic E-state index is -0.0765. The second kappa shape index (κ2) is 14.8. The van der Waals surface area contributed by atoms with Gasteiger partial charge in [0, 0.05) is 11.6 Å². The number of carbonyl (C=O) groups excluding carboxylic acids is 1. The fourth-order valence-electron chi connectivity index (χ4n) is 6.66. The molecule has 208 valence electrons. The van der Waals surface area contributed by atoms with Crippen LogP contribution in [-0.2, 0) is 4.79 Å². The summed E-state index contributed by atoms with van der Waals surface area (Å²) in [6, 6.07) is 15.0. The SMILES string of the molecule is CCCCOc1ccc(-c2ccc([C@H]3CC[C@H](CCC)CC3)cc2)c(OC(=O)[C@H]2CC[C@H](CCC)CC2)c1. The highest BCUT2D eigenvalue weighted by Gasteiger charge is 2.28. The van der Waals surface area contributed by atoms with E-state index in [1.807, 2.05) is 12.1 Å². The van der Waals surface area contributed by atoms with E-state index < -0.39 is 0 Å². The molecule has 0 heterocycles. The van der Waals surface area contributed by atoms with Gasteiger partial charge < -0.3 is 9.47 Å². The van der Waals surface area contributed by atoms with Crippen molar-refractivity contribution in [1.29, 1.82) is 0 Å². The molecular formula is C35H50O3. The van der Waals surface area contributed by atoms with Gasteiger partial charge in [-0.3, -0.25) is 4.79 Å². The molecule has 0 unspecified atom stereocenters. The van der Waals surface area contributed by atoms with Crippen molar-refractivity contribution >= 4 is 5.97 Å². The normalized spacial score (nSPS) is 23.7. The molecule has 3 heteroatoms. The van der Waals surface area contributed by atoms with Crippen LogP contribution in [0.5, 0.6) is 11.5 Å². The van der Waals surface area contributed by atoms with E-state index in [9.17, 15) is 4.79 Å². The third kappa shape index (κ3) is 7.87. The topological polar surface area (TPSA) is 35.5 Å². The molecule has 0 saturated heterocycles. The average Bonchev–Trinajstić information content (AvgIpc) is 2.95. The quantitative estimate of drug-likeness (QED) is 0.159. The van der Waals surface area contributed by atoms with Crippen LogP contribution < -0.4 is 9.47 Å². The summed E-state index contributed by atoms with van der Waals surface area (Å²) in [6.07, 6.45) is 16.8. The molecule has 0 spiro atoms. The number of unbranched alkanes of at least 4 members (excludes halogenated alkanes) is 1. The Bertz CT molecular complexity index is 979. The molecule has 0 bridgehead atoms. The molecule has 2 aliphatic carbocycles. The molecule has 2 aromatic rings. The Hall–Kier alpha value is -2.29. The maximum atomic E-state index is 13.3. The van der Waals surface area contributed by atoms with E-state index in [-0.39, 0.29) is 11.9 Å². The lowest BCUT2D eigenvalue weighted by Crippen LogP contribution is -2.25. The summed E-state index contributed by atoms with van der Waals surface area (Å²) in [5.41, 5.74) is 3.52. The molecule has 4 rings (SSSR count). The van der Waals surface area contributed by atoms with Crippen molar-refractivity contribution in [2.24, 2.45) is 17.8 Å². The summed E-state index contributed by atoms with van der Waals surface area (Å²) in [4.78, 5) is 13.3. The van der Waals surface area contributed by atoms with E-state index in [0.29, 0.717) is 18.3 Å². The van der Waals surface area contributed by atoms with Crippen molar-refractivity contribution < 1.29 is 14.3 Å². The van der Waals surface area contributed by atoms with Crippen LogP contribution in [0.3, 0.4) is 0 Å². The molecule has 2 saturated carbocycles. The third-order valence-electron chi connectivity index (χ3n) is 9.04. The summed E-state index contributed by atoms with van der Waals surface area (Å²) >= 11 is 0. The van der Waals surface area contributed by atoms with Crippen LogP contribution in [0.2, 0.25) is 0 Å². The Morgan fingerprint density at radius 3 is 2.00 bits per heavy atom. The van der Waals surface area contributed by atoms with Gasteiger partial charge in [0.05, 0.1) is 12.5 Å². The van der Waals surface area contributed by atoms with Gasteiger partial charge in [-0.1, -0.05) is 77.1 Å². The number of carbonyl (C=O) groups is 1. The van der Waals surface area contributed by atoms with Crippen LogP contribution in [0, 0.1) is 17.8 Å². The van der Waals surface area contributed by atoms with Crippen LogP contribution >= 0.6 is 0 Å². The van der Waals surface area contributed by atoms with Crippen molar-refractivity contribution in [2.75, 3.05) is 6.61 Å². The summed E-state index contributed by atoms with van der Waals surface area (Å²) in [6.45, 7) is 7.40. The number of hydrogen-bond donors (Lipinski definition) is 0. The third-order valence-corrected chi connectivity index (χ3v) is 9.04. The minimum Gasteiger partial charge on any atom is -0.493 e. The van der Waals surface area contributed by atoms with E-state index in [1.165, 1.54) is 56.9 Å².